The van der Waals surface area contributed by atoms with Gasteiger partial charge in [0.15, 0.2) is 5.76 Å². The highest BCUT2D eigenvalue weighted by Gasteiger charge is 2.21. The number of rotatable bonds is 3. The fraction of sp³-hybridized carbons (Fsp3) is 0.300. The molecule has 0 aromatic carbocycles. The molecule has 0 saturated carbocycles. The van der Waals surface area contributed by atoms with Gasteiger partial charge in [-0.3, -0.25) is 0 Å². The molecule has 14 heavy (non-hydrogen) atoms. The Hall–Kier alpha value is -0.740. The van der Waals surface area contributed by atoms with Crippen molar-refractivity contribution in [2.75, 3.05) is 6.26 Å². The van der Waals surface area contributed by atoms with E-state index >= 15 is 0 Å². The molecule has 0 saturated heterocycles. The zero-order valence-corrected chi connectivity index (χ0v) is 9.82. The van der Waals surface area contributed by atoms with E-state index < -0.39 is 0 Å². The maximum Gasteiger partial charge on any atom is 0.297 e. The lowest BCUT2D eigenvalue weighted by Crippen LogP contribution is -2.34. The van der Waals surface area contributed by atoms with Crippen molar-refractivity contribution in [2.24, 2.45) is 0 Å². The number of aromatic nitrogens is 1. The number of hydrogen-bond acceptors (Lipinski definition) is 3. The van der Waals surface area contributed by atoms with E-state index in [0.29, 0.717) is 0 Å². The first kappa shape index (κ1) is 9.80. The molecule has 0 atom stereocenters. The van der Waals surface area contributed by atoms with Crippen LogP contribution in [0.4, 0.5) is 0 Å². The van der Waals surface area contributed by atoms with Crippen LogP contribution in [0.25, 0.3) is 11.5 Å². The van der Waals surface area contributed by atoms with E-state index in [2.05, 4.69) is 23.1 Å². The summed E-state index contributed by atoms with van der Waals surface area (Å²) in [5, 5.41) is 2.15. The highest BCUT2D eigenvalue weighted by molar-refractivity contribution is 8.00. The van der Waals surface area contributed by atoms with Gasteiger partial charge in [0.2, 0.25) is 0 Å². The first-order chi connectivity index (χ1) is 6.86. The van der Waals surface area contributed by atoms with Crippen LogP contribution < -0.4 is 4.57 Å². The van der Waals surface area contributed by atoms with Crippen LogP contribution in [0.1, 0.15) is 6.92 Å². The number of hydrogen-bond donors (Lipinski definition) is 0. The molecule has 2 nitrogen and oxygen atoms in total. The fourth-order valence-electron chi connectivity index (χ4n) is 1.40. The van der Waals surface area contributed by atoms with Gasteiger partial charge in [-0.05, 0) is 37.1 Å². The third-order valence-electron chi connectivity index (χ3n) is 2.05. The van der Waals surface area contributed by atoms with Crippen LogP contribution in [-0.2, 0) is 6.54 Å². The highest BCUT2D eigenvalue weighted by Crippen LogP contribution is 2.25. The van der Waals surface area contributed by atoms with E-state index in [1.807, 2.05) is 12.1 Å². The van der Waals surface area contributed by atoms with Crippen molar-refractivity contribution >= 4 is 23.1 Å². The van der Waals surface area contributed by atoms with E-state index in [1.165, 1.54) is 10.0 Å². The summed E-state index contributed by atoms with van der Waals surface area (Å²) in [5.41, 5.74) is 1.17. The Morgan fingerprint density at radius 1 is 1.57 bits per heavy atom. The second-order valence-electron chi connectivity index (χ2n) is 2.81. The topological polar surface area (TPSA) is 17.0 Å². The summed E-state index contributed by atoms with van der Waals surface area (Å²) in [6.45, 7) is 3.13. The second kappa shape index (κ2) is 4.19. The quantitative estimate of drug-likeness (QED) is 0.591. The largest absolute Gasteiger partial charge is 0.458 e. The van der Waals surface area contributed by atoms with Crippen LogP contribution in [0, 0.1) is 0 Å². The van der Waals surface area contributed by atoms with Crippen LogP contribution in [-0.4, -0.2) is 6.26 Å². The van der Waals surface area contributed by atoms with E-state index in [0.717, 1.165) is 12.3 Å². The summed E-state index contributed by atoms with van der Waals surface area (Å²) in [6, 6.07) is 3.92. The molecule has 2 aromatic rings. The number of thioether (sulfide) groups is 1. The Morgan fingerprint density at radius 2 is 2.43 bits per heavy atom. The Labute approximate surface area is 91.6 Å². The molecule has 2 rings (SSSR count). The lowest BCUT2D eigenvalue weighted by molar-refractivity contribution is -0.713. The minimum atomic E-state index is 0.948. The standard InChI is InChI=1S/C10H12NOS2/c1-3-11-8(7-14-10(11)13-2)9-5-4-6-12-9/h4-7H,3H2,1-2H3/q+1. The molecule has 74 valence electrons. The third-order valence-corrected chi connectivity index (χ3v) is 4.17. The van der Waals surface area contributed by atoms with Gasteiger partial charge in [0.1, 0.15) is 6.54 Å². The molecular weight excluding hydrogens is 214 g/mol. The summed E-state index contributed by atoms with van der Waals surface area (Å²) in [5.74, 6) is 0.948. The zero-order chi connectivity index (χ0) is 9.97. The third kappa shape index (κ3) is 1.60. The van der Waals surface area contributed by atoms with Crippen LogP contribution >= 0.6 is 23.1 Å². The minimum absolute atomic E-state index is 0.948. The van der Waals surface area contributed by atoms with Crippen LogP contribution in [0.3, 0.4) is 0 Å². The zero-order valence-electron chi connectivity index (χ0n) is 8.19. The van der Waals surface area contributed by atoms with Crippen molar-refractivity contribution < 1.29 is 8.98 Å². The van der Waals surface area contributed by atoms with Crippen molar-refractivity contribution in [3.63, 3.8) is 0 Å². The van der Waals surface area contributed by atoms with Gasteiger partial charge in [-0.1, -0.05) is 11.3 Å². The smallest absolute Gasteiger partial charge is 0.297 e. The normalized spacial score (nSPS) is 10.7. The molecule has 2 heterocycles. The van der Waals surface area contributed by atoms with Crippen LogP contribution in [0.2, 0.25) is 0 Å². The summed E-state index contributed by atoms with van der Waals surface area (Å²) in [6.07, 6.45) is 3.82. The van der Waals surface area contributed by atoms with Gasteiger partial charge in [-0.25, -0.2) is 0 Å². The van der Waals surface area contributed by atoms with E-state index in [-0.39, 0.29) is 0 Å². The van der Waals surface area contributed by atoms with Gasteiger partial charge in [-0.15, -0.1) is 0 Å². The van der Waals surface area contributed by atoms with Crippen LogP contribution in [0.15, 0.2) is 32.5 Å². The van der Waals surface area contributed by atoms with E-state index in [1.54, 1.807) is 29.4 Å². The number of furan rings is 1. The number of nitrogens with zero attached hydrogens (tertiary/aromatic N) is 1. The summed E-state index contributed by atoms with van der Waals surface area (Å²) < 4.78 is 8.99. The SMILES string of the molecule is CC[n+]1c(-c2ccco2)csc1SC. The Balaban J connectivity index is 2.48. The molecule has 0 bridgehead atoms. The molecule has 0 fully saturated rings. The molecule has 0 radical (unpaired) electrons. The van der Waals surface area contributed by atoms with Crippen molar-refractivity contribution in [1.82, 2.24) is 0 Å². The molecule has 0 unspecified atom stereocenters. The highest BCUT2D eigenvalue weighted by atomic mass is 32.2. The minimum Gasteiger partial charge on any atom is -0.458 e. The summed E-state index contributed by atoms with van der Waals surface area (Å²) >= 11 is 3.54. The van der Waals surface area contributed by atoms with Crippen LogP contribution in [0.5, 0.6) is 0 Å². The van der Waals surface area contributed by atoms with Gasteiger partial charge in [0.05, 0.1) is 11.6 Å². The molecule has 0 aliphatic carbocycles. The first-order valence-corrected chi connectivity index (χ1v) is 6.56. The van der Waals surface area contributed by atoms with Gasteiger partial charge in [0, 0.05) is 0 Å². The number of thiazole rings is 1. The van der Waals surface area contributed by atoms with E-state index in [4.69, 9.17) is 4.42 Å². The Kier molecular flexibility index (Phi) is 2.93. The Morgan fingerprint density at radius 3 is 3.00 bits per heavy atom. The maximum atomic E-state index is 5.40. The van der Waals surface area contributed by atoms with Gasteiger partial charge >= 0.3 is 0 Å². The second-order valence-corrected chi connectivity index (χ2v) is 4.72. The van der Waals surface area contributed by atoms with E-state index in [9.17, 15) is 0 Å². The summed E-state index contributed by atoms with van der Waals surface area (Å²) in [4.78, 5) is 0. The lowest BCUT2D eigenvalue weighted by Gasteiger charge is -1.94. The predicted molar refractivity (Wildman–Crippen MR) is 59.7 cm³/mol. The molecule has 0 aliphatic rings. The average Bonchev–Trinajstić information content (AvgIpc) is 2.85. The lowest BCUT2D eigenvalue weighted by atomic mass is 10.3. The Bertz CT molecular complexity index is 406. The molecular formula is C10H12NOS2+. The molecule has 0 aliphatic heterocycles. The van der Waals surface area contributed by atoms with Crippen molar-refractivity contribution in [1.29, 1.82) is 0 Å². The van der Waals surface area contributed by atoms with Gasteiger partial charge in [0.25, 0.3) is 10.0 Å². The molecule has 0 amide bonds. The van der Waals surface area contributed by atoms with Gasteiger partial charge < -0.3 is 4.42 Å². The van der Waals surface area contributed by atoms with Crippen molar-refractivity contribution in [2.45, 2.75) is 17.8 Å². The average molecular weight is 226 g/mol. The van der Waals surface area contributed by atoms with Crippen molar-refractivity contribution in [3.05, 3.63) is 23.8 Å². The van der Waals surface area contributed by atoms with Gasteiger partial charge in [-0.2, -0.15) is 4.57 Å². The molecule has 2 aromatic heterocycles. The maximum absolute atomic E-state index is 5.40. The molecule has 0 spiro atoms. The monoisotopic (exact) mass is 226 g/mol. The molecule has 0 N–H and O–H groups in total. The predicted octanol–water partition coefficient (Wildman–Crippen LogP) is 3.04. The fourth-order valence-corrected chi connectivity index (χ4v) is 3.19. The molecule has 4 heteroatoms. The summed E-state index contributed by atoms with van der Waals surface area (Å²) in [7, 11) is 0. The van der Waals surface area contributed by atoms with Crippen molar-refractivity contribution in [3.8, 4) is 11.5 Å². The first-order valence-electron chi connectivity index (χ1n) is 4.46.